The molecule has 6 heteroatoms. The number of carbonyl (C=O) groups excluding carboxylic acids is 2. The summed E-state index contributed by atoms with van der Waals surface area (Å²) in [5.74, 6) is 0.0425. The largest absolute Gasteiger partial charge is 0.478 e. The SMILES string of the molecule is C[C@@H](NC(=O)C[C@@H]1Oc2ccccc2NC1=O)c1ccc(Br)cc1. The van der Waals surface area contributed by atoms with Crippen LogP contribution in [0.4, 0.5) is 5.69 Å². The summed E-state index contributed by atoms with van der Waals surface area (Å²) in [6, 6.07) is 14.7. The molecule has 1 aliphatic heterocycles. The predicted molar refractivity (Wildman–Crippen MR) is 94.8 cm³/mol. The van der Waals surface area contributed by atoms with Crippen LogP contribution in [0, 0.1) is 0 Å². The van der Waals surface area contributed by atoms with Crippen molar-refractivity contribution in [1.29, 1.82) is 0 Å². The van der Waals surface area contributed by atoms with Crippen LogP contribution >= 0.6 is 15.9 Å². The van der Waals surface area contributed by atoms with E-state index in [1.165, 1.54) is 0 Å². The lowest BCUT2D eigenvalue weighted by molar-refractivity contribution is -0.130. The van der Waals surface area contributed by atoms with Gasteiger partial charge < -0.3 is 15.4 Å². The van der Waals surface area contributed by atoms with E-state index < -0.39 is 6.10 Å². The first-order chi connectivity index (χ1) is 11.5. The molecule has 3 rings (SSSR count). The number of fused-ring (bicyclic) bond motifs is 1. The Morgan fingerprint density at radius 3 is 2.71 bits per heavy atom. The maximum atomic E-state index is 12.2. The van der Waals surface area contributed by atoms with Crippen LogP contribution in [0.3, 0.4) is 0 Å². The van der Waals surface area contributed by atoms with Gasteiger partial charge in [0.1, 0.15) is 5.75 Å². The molecule has 0 aromatic heterocycles. The van der Waals surface area contributed by atoms with Gasteiger partial charge in [-0.2, -0.15) is 0 Å². The molecule has 0 aliphatic carbocycles. The van der Waals surface area contributed by atoms with Crippen molar-refractivity contribution in [2.24, 2.45) is 0 Å². The second-order valence-corrected chi connectivity index (χ2v) is 6.55. The second kappa shape index (κ2) is 7.05. The van der Waals surface area contributed by atoms with Crippen molar-refractivity contribution in [3.63, 3.8) is 0 Å². The number of nitrogens with one attached hydrogen (secondary N) is 2. The average molecular weight is 389 g/mol. The van der Waals surface area contributed by atoms with Gasteiger partial charge in [0.15, 0.2) is 6.10 Å². The molecule has 0 saturated carbocycles. The van der Waals surface area contributed by atoms with Crippen LogP contribution in [0.15, 0.2) is 53.0 Å². The Morgan fingerprint density at radius 1 is 1.25 bits per heavy atom. The van der Waals surface area contributed by atoms with E-state index in [2.05, 4.69) is 26.6 Å². The molecule has 2 atom stereocenters. The molecule has 0 bridgehead atoms. The minimum Gasteiger partial charge on any atom is -0.478 e. The molecule has 5 nitrogen and oxygen atoms in total. The molecular weight excluding hydrogens is 372 g/mol. The van der Waals surface area contributed by atoms with Gasteiger partial charge in [0.25, 0.3) is 5.91 Å². The van der Waals surface area contributed by atoms with E-state index >= 15 is 0 Å². The van der Waals surface area contributed by atoms with Crippen molar-refractivity contribution in [1.82, 2.24) is 5.32 Å². The quantitative estimate of drug-likeness (QED) is 0.842. The van der Waals surface area contributed by atoms with Gasteiger partial charge >= 0.3 is 0 Å². The van der Waals surface area contributed by atoms with E-state index in [1.54, 1.807) is 12.1 Å². The number of para-hydroxylation sites is 2. The number of hydrogen-bond donors (Lipinski definition) is 2. The van der Waals surface area contributed by atoms with Crippen molar-refractivity contribution in [2.75, 3.05) is 5.32 Å². The molecule has 124 valence electrons. The number of rotatable bonds is 4. The normalized spacial score (nSPS) is 17.2. The van der Waals surface area contributed by atoms with Crippen LogP contribution in [0.1, 0.15) is 24.9 Å². The first-order valence-corrected chi connectivity index (χ1v) is 8.43. The van der Waals surface area contributed by atoms with Gasteiger partial charge in [-0.25, -0.2) is 0 Å². The zero-order chi connectivity index (χ0) is 17.1. The van der Waals surface area contributed by atoms with Gasteiger partial charge in [-0.3, -0.25) is 9.59 Å². The fraction of sp³-hybridized carbons (Fsp3) is 0.222. The van der Waals surface area contributed by atoms with Crippen molar-refractivity contribution >= 4 is 33.4 Å². The summed E-state index contributed by atoms with van der Waals surface area (Å²) in [6.45, 7) is 1.90. The van der Waals surface area contributed by atoms with Crippen LogP contribution < -0.4 is 15.4 Å². The predicted octanol–water partition coefficient (Wildman–Crippen LogP) is 3.42. The summed E-state index contributed by atoms with van der Waals surface area (Å²) in [7, 11) is 0. The molecule has 2 aromatic rings. The fourth-order valence-corrected chi connectivity index (χ4v) is 2.79. The van der Waals surface area contributed by atoms with E-state index in [4.69, 9.17) is 4.74 Å². The standard InChI is InChI=1S/C18H17BrN2O3/c1-11(12-6-8-13(19)9-7-12)20-17(22)10-16-18(23)21-14-4-2-3-5-15(14)24-16/h2-9,11,16H,10H2,1H3,(H,20,22)(H,21,23)/t11-,16+/m1/s1. The Labute approximate surface area is 148 Å². The molecule has 0 fully saturated rings. The van der Waals surface area contributed by atoms with Crippen LogP contribution in [-0.2, 0) is 9.59 Å². The highest BCUT2D eigenvalue weighted by atomic mass is 79.9. The summed E-state index contributed by atoms with van der Waals surface area (Å²) in [5.41, 5.74) is 1.62. The molecule has 0 saturated heterocycles. The maximum Gasteiger partial charge on any atom is 0.266 e. The van der Waals surface area contributed by atoms with E-state index in [0.717, 1.165) is 10.0 Å². The zero-order valence-corrected chi connectivity index (χ0v) is 14.7. The summed E-state index contributed by atoms with van der Waals surface area (Å²) < 4.78 is 6.62. The third-order valence-corrected chi connectivity index (χ3v) is 4.35. The van der Waals surface area contributed by atoms with Gasteiger partial charge in [-0.05, 0) is 36.8 Å². The highest BCUT2D eigenvalue weighted by molar-refractivity contribution is 9.10. The minimum absolute atomic E-state index is 0.0268. The molecule has 2 N–H and O–H groups in total. The fourth-order valence-electron chi connectivity index (χ4n) is 2.53. The molecule has 24 heavy (non-hydrogen) atoms. The number of carbonyl (C=O) groups is 2. The van der Waals surface area contributed by atoms with E-state index in [0.29, 0.717) is 11.4 Å². The molecule has 2 aromatic carbocycles. The molecule has 2 amide bonds. The Morgan fingerprint density at radius 2 is 1.96 bits per heavy atom. The Bertz CT molecular complexity index is 761. The number of anilines is 1. The average Bonchev–Trinajstić information content (AvgIpc) is 2.56. The Hall–Kier alpha value is -2.34. The lowest BCUT2D eigenvalue weighted by Gasteiger charge is -2.25. The number of hydrogen-bond acceptors (Lipinski definition) is 3. The first-order valence-electron chi connectivity index (χ1n) is 7.64. The molecule has 0 unspecified atom stereocenters. The monoisotopic (exact) mass is 388 g/mol. The molecular formula is C18H17BrN2O3. The van der Waals surface area contributed by atoms with Gasteiger partial charge in [0.05, 0.1) is 18.2 Å². The zero-order valence-electron chi connectivity index (χ0n) is 13.1. The molecule has 1 aliphatic rings. The van der Waals surface area contributed by atoms with Crippen molar-refractivity contribution in [3.05, 3.63) is 58.6 Å². The van der Waals surface area contributed by atoms with E-state index in [1.807, 2.05) is 43.3 Å². The van der Waals surface area contributed by atoms with Gasteiger partial charge in [0, 0.05) is 4.47 Å². The summed E-state index contributed by atoms with van der Waals surface area (Å²) in [5, 5.41) is 5.65. The highest BCUT2D eigenvalue weighted by Crippen LogP contribution is 2.29. The minimum atomic E-state index is -0.822. The van der Waals surface area contributed by atoms with Crippen LogP contribution in [0.25, 0.3) is 0 Å². The third-order valence-electron chi connectivity index (χ3n) is 3.82. The van der Waals surface area contributed by atoms with Crippen LogP contribution in [0.2, 0.25) is 0 Å². The first kappa shape index (κ1) is 16.5. The van der Waals surface area contributed by atoms with Gasteiger partial charge in [-0.1, -0.05) is 40.2 Å². The van der Waals surface area contributed by atoms with Crippen molar-refractivity contribution in [2.45, 2.75) is 25.5 Å². The van der Waals surface area contributed by atoms with Crippen LogP contribution in [-0.4, -0.2) is 17.9 Å². The third kappa shape index (κ3) is 3.76. The van der Waals surface area contributed by atoms with Crippen molar-refractivity contribution in [3.8, 4) is 5.75 Å². The second-order valence-electron chi connectivity index (χ2n) is 5.64. The molecule has 1 heterocycles. The number of halogens is 1. The summed E-state index contributed by atoms with van der Waals surface area (Å²) >= 11 is 3.38. The molecule has 0 spiro atoms. The summed E-state index contributed by atoms with van der Waals surface area (Å²) in [4.78, 5) is 24.3. The van der Waals surface area contributed by atoms with Gasteiger partial charge in [0.2, 0.25) is 5.91 Å². The number of amides is 2. The van der Waals surface area contributed by atoms with Crippen LogP contribution in [0.5, 0.6) is 5.75 Å². The molecule has 0 radical (unpaired) electrons. The number of benzene rings is 2. The topological polar surface area (TPSA) is 67.4 Å². The smallest absolute Gasteiger partial charge is 0.266 e. The van der Waals surface area contributed by atoms with Gasteiger partial charge in [-0.15, -0.1) is 0 Å². The van der Waals surface area contributed by atoms with Crippen molar-refractivity contribution < 1.29 is 14.3 Å². The Balaban J connectivity index is 1.61. The van der Waals surface area contributed by atoms with E-state index in [9.17, 15) is 9.59 Å². The van der Waals surface area contributed by atoms with E-state index in [-0.39, 0.29) is 24.3 Å². The lowest BCUT2D eigenvalue weighted by atomic mass is 10.1. The Kier molecular flexibility index (Phi) is 4.85. The maximum absolute atomic E-state index is 12.2. The lowest BCUT2D eigenvalue weighted by Crippen LogP contribution is -2.41. The highest BCUT2D eigenvalue weighted by Gasteiger charge is 2.29. The number of ether oxygens (including phenoxy) is 1. The summed E-state index contributed by atoms with van der Waals surface area (Å²) in [6.07, 6.45) is -0.849.